The van der Waals surface area contributed by atoms with Gasteiger partial charge in [0.15, 0.2) is 0 Å². The minimum Gasteiger partial charge on any atom is -0.493 e. The number of para-hydroxylation sites is 1. The first-order valence-corrected chi connectivity index (χ1v) is 7.47. The number of rotatable bonds is 5. The summed E-state index contributed by atoms with van der Waals surface area (Å²) in [5, 5.41) is 0. The molecule has 1 aliphatic heterocycles. The Morgan fingerprint density at radius 2 is 2.05 bits per heavy atom. The highest BCUT2D eigenvalue weighted by Crippen LogP contribution is 2.24. The predicted octanol–water partition coefficient (Wildman–Crippen LogP) is 2.29. The quantitative estimate of drug-likeness (QED) is 0.897. The second kappa shape index (κ2) is 7.29. The largest absolute Gasteiger partial charge is 0.493 e. The van der Waals surface area contributed by atoms with Gasteiger partial charge in [0.1, 0.15) is 5.75 Å². The fourth-order valence-corrected chi connectivity index (χ4v) is 2.76. The fourth-order valence-electron chi connectivity index (χ4n) is 2.76. The lowest BCUT2D eigenvalue weighted by atomic mass is 9.93. The van der Waals surface area contributed by atoms with Crippen molar-refractivity contribution < 1.29 is 9.53 Å². The number of likely N-dealkylation sites (tertiary alicyclic amines) is 1. The van der Waals surface area contributed by atoms with Gasteiger partial charge in [0.05, 0.1) is 12.2 Å². The molecule has 0 radical (unpaired) electrons. The molecule has 1 saturated heterocycles. The van der Waals surface area contributed by atoms with Gasteiger partial charge in [-0.1, -0.05) is 12.1 Å². The molecule has 0 spiro atoms. The van der Waals surface area contributed by atoms with Crippen LogP contribution in [0.4, 0.5) is 0 Å². The monoisotopic (exact) mass is 276 g/mol. The average molecular weight is 276 g/mol. The number of piperidine rings is 1. The molecule has 4 heteroatoms. The molecule has 0 aliphatic carbocycles. The van der Waals surface area contributed by atoms with E-state index < -0.39 is 0 Å². The third kappa shape index (κ3) is 3.51. The van der Waals surface area contributed by atoms with Crippen LogP contribution in [0.3, 0.4) is 0 Å². The van der Waals surface area contributed by atoms with Crippen LogP contribution < -0.4 is 10.5 Å². The number of hydrogen-bond acceptors (Lipinski definition) is 3. The molecule has 1 amide bonds. The predicted molar refractivity (Wildman–Crippen MR) is 79.9 cm³/mol. The summed E-state index contributed by atoms with van der Waals surface area (Å²) < 4.78 is 5.54. The number of carbonyl (C=O) groups is 1. The molecule has 20 heavy (non-hydrogen) atoms. The van der Waals surface area contributed by atoms with Gasteiger partial charge >= 0.3 is 0 Å². The lowest BCUT2D eigenvalue weighted by Gasteiger charge is -2.32. The van der Waals surface area contributed by atoms with Crippen LogP contribution >= 0.6 is 0 Å². The number of nitrogens with two attached hydrogens (primary N) is 1. The SMILES string of the molecule is CCOc1ccccc1C(=O)N1CCC(CCN)CC1. The van der Waals surface area contributed by atoms with Gasteiger partial charge in [0, 0.05) is 13.1 Å². The van der Waals surface area contributed by atoms with Crippen molar-refractivity contribution in [3.63, 3.8) is 0 Å². The van der Waals surface area contributed by atoms with Crippen LogP contribution in [0.2, 0.25) is 0 Å². The van der Waals surface area contributed by atoms with Crippen LogP contribution in [0.5, 0.6) is 5.75 Å². The van der Waals surface area contributed by atoms with E-state index in [0.717, 1.165) is 38.9 Å². The van der Waals surface area contributed by atoms with Gasteiger partial charge in [-0.3, -0.25) is 4.79 Å². The Hall–Kier alpha value is -1.55. The van der Waals surface area contributed by atoms with Crippen LogP contribution in [0.15, 0.2) is 24.3 Å². The minimum atomic E-state index is 0.0836. The molecule has 0 atom stereocenters. The Kier molecular flexibility index (Phi) is 5.41. The number of amides is 1. The van der Waals surface area contributed by atoms with Crippen molar-refractivity contribution in [1.82, 2.24) is 4.90 Å². The van der Waals surface area contributed by atoms with E-state index in [1.165, 1.54) is 0 Å². The molecule has 1 heterocycles. The van der Waals surface area contributed by atoms with Crippen LogP contribution in [0.25, 0.3) is 0 Å². The highest BCUT2D eigenvalue weighted by molar-refractivity contribution is 5.97. The van der Waals surface area contributed by atoms with E-state index in [1.54, 1.807) is 0 Å². The molecule has 2 rings (SSSR count). The average Bonchev–Trinajstić information content (AvgIpc) is 2.49. The van der Waals surface area contributed by atoms with E-state index in [0.29, 0.717) is 23.8 Å². The third-order valence-corrected chi connectivity index (χ3v) is 3.89. The zero-order chi connectivity index (χ0) is 14.4. The highest BCUT2D eigenvalue weighted by atomic mass is 16.5. The second-order valence-electron chi connectivity index (χ2n) is 5.24. The third-order valence-electron chi connectivity index (χ3n) is 3.89. The lowest BCUT2D eigenvalue weighted by molar-refractivity contribution is 0.0684. The van der Waals surface area contributed by atoms with Crippen molar-refractivity contribution in [2.24, 2.45) is 11.7 Å². The van der Waals surface area contributed by atoms with Crippen molar-refractivity contribution in [3.05, 3.63) is 29.8 Å². The Bertz CT molecular complexity index is 440. The number of ether oxygens (including phenoxy) is 1. The number of hydrogen-bond donors (Lipinski definition) is 1. The normalized spacial score (nSPS) is 16.2. The lowest BCUT2D eigenvalue weighted by Crippen LogP contribution is -2.39. The maximum atomic E-state index is 12.6. The Balaban J connectivity index is 2.02. The summed E-state index contributed by atoms with van der Waals surface area (Å²) in [5.74, 6) is 1.44. The van der Waals surface area contributed by atoms with Crippen molar-refractivity contribution in [1.29, 1.82) is 0 Å². The molecule has 2 N–H and O–H groups in total. The van der Waals surface area contributed by atoms with Gasteiger partial charge in [0.25, 0.3) is 5.91 Å². The summed E-state index contributed by atoms with van der Waals surface area (Å²) in [6, 6.07) is 7.49. The first kappa shape index (κ1) is 14.9. The molecule has 0 saturated carbocycles. The number of carbonyl (C=O) groups excluding carboxylic acids is 1. The van der Waals surface area contributed by atoms with Crippen molar-refractivity contribution in [2.75, 3.05) is 26.2 Å². The molecule has 0 aromatic heterocycles. The number of benzene rings is 1. The Morgan fingerprint density at radius 3 is 2.70 bits per heavy atom. The van der Waals surface area contributed by atoms with Gasteiger partial charge in [0.2, 0.25) is 0 Å². The molecule has 110 valence electrons. The molecule has 1 aliphatic rings. The van der Waals surface area contributed by atoms with E-state index in [2.05, 4.69) is 0 Å². The van der Waals surface area contributed by atoms with Crippen LogP contribution in [0.1, 0.15) is 36.5 Å². The van der Waals surface area contributed by atoms with E-state index >= 15 is 0 Å². The van der Waals surface area contributed by atoms with E-state index in [9.17, 15) is 4.79 Å². The molecule has 0 bridgehead atoms. The topological polar surface area (TPSA) is 55.6 Å². The second-order valence-corrected chi connectivity index (χ2v) is 5.24. The van der Waals surface area contributed by atoms with E-state index in [4.69, 9.17) is 10.5 Å². The maximum absolute atomic E-state index is 12.6. The van der Waals surface area contributed by atoms with Gasteiger partial charge in [-0.05, 0) is 50.8 Å². The highest BCUT2D eigenvalue weighted by Gasteiger charge is 2.24. The fraction of sp³-hybridized carbons (Fsp3) is 0.562. The molecule has 0 unspecified atom stereocenters. The van der Waals surface area contributed by atoms with Crippen molar-refractivity contribution >= 4 is 5.91 Å². The summed E-state index contributed by atoms with van der Waals surface area (Å²) in [7, 11) is 0. The maximum Gasteiger partial charge on any atom is 0.257 e. The zero-order valence-corrected chi connectivity index (χ0v) is 12.2. The van der Waals surface area contributed by atoms with E-state index in [1.807, 2.05) is 36.1 Å². The number of nitrogens with zero attached hydrogens (tertiary/aromatic N) is 1. The van der Waals surface area contributed by atoms with Gasteiger partial charge in [-0.2, -0.15) is 0 Å². The van der Waals surface area contributed by atoms with Crippen molar-refractivity contribution in [2.45, 2.75) is 26.2 Å². The molecule has 1 aromatic rings. The first-order chi connectivity index (χ1) is 9.76. The molecule has 1 fully saturated rings. The summed E-state index contributed by atoms with van der Waals surface area (Å²) >= 11 is 0. The zero-order valence-electron chi connectivity index (χ0n) is 12.2. The summed E-state index contributed by atoms with van der Waals surface area (Å²) in [6.45, 7) is 4.89. The van der Waals surface area contributed by atoms with Crippen LogP contribution in [-0.2, 0) is 0 Å². The molecular formula is C16H24N2O2. The molecule has 1 aromatic carbocycles. The summed E-state index contributed by atoms with van der Waals surface area (Å²) in [5.41, 5.74) is 6.27. The van der Waals surface area contributed by atoms with Gasteiger partial charge < -0.3 is 15.4 Å². The van der Waals surface area contributed by atoms with E-state index in [-0.39, 0.29) is 5.91 Å². The smallest absolute Gasteiger partial charge is 0.257 e. The van der Waals surface area contributed by atoms with Crippen molar-refractivity contribution in [3.8, 4) is 5.75 Å². The minimum absolute atomic E-state index is 0.0836. The molecule has 4 nitrogen and oxygen atoms in total. The first-order valence-electron chi connectivity index (χ1n) is 7.47. The summed E-state index contributed by atoms with van der Waals surface area (Å²) in [4.78, 5) is 14.5. The summed E-state index contributed by atoms with van der Waals surface area (Å²) in [6.07, 6.45) is 3.18. The Morgan fingerprint density at radius 1 is 1.35 bits per heavy atom. The molecular weight excluding hydrogens is 252 g/mol. The van der Waals surface area contributed by atoms with Gasteiger partial charge in [-0.25, -0.2) is 0 Å². The standard InChI is InChI=1S/C16H24N2O2/c1-2-20-15-6-4-3-5-14(15)16(19)18-11-8-13(7-10-17)9-12-18/h3-6,13H,2,7-12,17H2,1H3. The van der Waals surface area contributed by atoms with Crippen LogP contribution in [0, 0.1) is 5.92 Å². The van der Waals surface area contributed by atoms with Crippen LogP contribution in [-0.4, -0.2) is 37.0 Å². The van der Waals surface area contributed by atoms with Gasteiger partial charge in [-0.15, -0.1) is 0 Å². The Labute approximate surface area is 120 Å².